The highest BCUT2D eigenvalue weighted by atomic mass is 16.4. The first-order chi connectivity index (χ1) is 5.09. The van der Waals surface area contributed by atoms with Crippen LogP contribution < -0.4 is 0 Å². The first kappa shape index (κ1) is 10.4. The van der Waals surface area contributed by atoms with E-state index < -0.39 is 12.1 Å². The van der Waals surface area contributed by atoms with E-state index in [0.29, 0.717) is 0 Å². The van der Waals surface area contributed by atoms with Gasteiger partial charge in [-0.2, -0.15) is 0 Å². The molecule has 0 fully saturated rings. The molecule has 0 bridgehead atoms. The molecule has 3 heteroatoms. The van der Waals surface area contributed by atoms with Crippen LogP contribution in [-0.2, 0) is 4.79 Å². The van der Waals surface area contributed by atoms with Crippen molar-refractivity contribution in [3.8, 4) is 0 Å². The van der Waals surface area contributed by atoms with Crippen molar-refractivity contribution >= 4 is 5.97 Å². The van der Waals surface area contributed by atoms with E-state index in [2.05, 4.69) is 0 Å². The normalized spacial score (nSPS) is 15.9. The van der Waals surface area contributed by atoms with Gasteiger partial charge in [0, 0.05) is 0 Å². The molecule has 0 radical (unpaired) electrons. The average Bonchev–Trinajstić information content (AvgIpc) is 1.98. The number of carboxylic acid groups (broad SMARTS) is 1. The second kappa shape index (κ2) is 5.13. The van der Waals surface area contributed by atoms with Gasteiger partial charge < -0.3 is 10.2 Å². The molecule has 0 aromatic carbocycles. The van der Waals surface area contributed by atoms with Crippen LogP contribution in [-0.4, -0.2) is 22.3 Å². The van der Waals surface area contributed by atoms with Crippen molar-refractivity contribution in [1.82, 2.24) is 0 Å². The molecule has 0 heterocycles. The highest BCUT2D eigenvalue weighted by molar-refractivity contribution is 5.72. The molecule has 0 aromatic heterocycles. The highest BCUT2D eigenvalue weighted by Gasteiger charge is 2.20. The van der Waals surface area contributed by atoms with Gasteiger partial charge in [0.2, 0.25) is 0 Å². The molecule has 0 spiro atoms. The quantitative estimate of drug-likeness (QED) is 0.636. The first-order valence-electron chi connectivity index (χ1n) is 4.00. The van der Waals surface area contributed by atoms with E-state index in [0.717, 1.165) is 19.3 Å². The van der Waals surface area contributed by atoms with Crippen LogP contribution in [0.2, 0.25) is 0 Å². The van der Waals surface area contributed by atoms with E-state index in [9.17, 15) is 4.79 Å². The molecule has 0 aliphatic rings. The maximum Gasteiger partial charge on any atom is 0.332 e. The summed E-state index contributed by atoms with van der Waals surface area (Å²) >= 11 is 0. The molecule has 0 rings (SSSR count). The number of rotatable bonds is 5. The smallest absolute Gasteiger partial charge is 0.332 e. The van der Waals surface area contributed by atoms with E-state index in [1.165, 1.54) is 0 Å². The molecule has 0 saturated carbocycles. The Bertz CT molecular complexity index is 123. The summed E-state index contributed by atoms with van der Waals surface area (Å²) in [7, 11) is 0. The summed E-state index contributed by atoms with van der Waals surface area (Å²) in [6, 6.07) is 0. The zero-order valence-electron chi connectivity index (χ0n) is 7.08. The summed E-state index contributed by atoms with van der Waals surface area (Å²) in [5.74, 6) is -1.25. The third kappa shape index (κ3) is 3.98. The monoisotopic (exact) mass is 160 g/mol. The van der Waals surface area contributed by atoms with Crippen LogP contribution in [0.3, 0.4) is 0 Å². The zero-order valence-corrected chi connectivity index (χ0v) is 7.08. The molecule has 2 N–H and O–H groups in total. The number of hydrogen-bond acceptors (Lipinski definition) is 2. The summed E-state index contributed by atoms with van der Waals surface area (Å²) in [5, 5.41) is 17.4. The molecule has 3 nitrogen and oxygen atoms in total. The topological polar surface area (TPSA) is 57.5 Å². The third-order valence-electron chi connectivity index (χ3n) is 1.81. The standard InChI is InChI=1S/C8H16O3/c1-3-4-5-6(2)7(9)8(10)11/h6-7,9H,3-5H2,1-2H3,(H,10,11). The largest absolute Gasteiger partial charge is 0.479 e. The Balaban J connectivity index is 3.63. The Kier molecular flexibility index (Phi) is 4.86. The molecule has 66 valence electrons. The third-order valence-corrected chi connectivity index (χ3v) is 1.81. The van der Waals surface area contributed by atoms with Crippen LogP contribution in [0.4, 0.5) is 0 Å². The van der Waals surface area contributed by atoms with Crippen molar-refractivity contribution in [3.05, 3.63) is 0 Å². The molecular formula is C8H16O3. The number of aliphatic carboxylic acids is 1. The summed E-state index contributed by atoms with van der Waals surface area (Å²) < 4.78 is 0. The maximum absolute atomic E-state index is 10.3. The first-order valence-corrected chi connectivity index (χ1v) is 4.00. The van der Waals surface area contributed by atoms with Crippen molar-refractivity contribution in [2.75, 3.05) is 0 Å². The molecule has 11 heavy (non-hydrogen) atoms. The molecule has 2 atom stereocenters. The Labute approximate surface area is 67.0 Å². The fourth-order valence-corrected chi connectivity index (χ4v) is 0.927. The average molecular weight is 160 g/mol. The van der Waals surface area contributed by atoms with Gasteiger partial charge in [-0.1, -0.05) is 26.7 Å². The van der Waals surface area contributed by atoms with Crippen molar-refractivity contribution in [2.24, 2.45) is 5.92 Å². The molecule has 0 aliphatic carbocycles. The summed E-state index contributed by atoms with van der Waals surface area (Å²) in [6.45, 7) is 3.80. The van der Waals surface area contributed by atoms with Crippen LogP contribution in [0.15, 0.2) is 0 Å². The predicted octanol–water partition coefficient (Wildman–Crippen LogP) is 1.26. The fraction of sp³-hybridized carbons (Fsp3) is 0.875. The van der Waals surface area contributed by atoms with Crippen LogP contribution in [0.5, 0.6) is 0 Å². The SMILES string of the molecule is CCCCC(C)C(O)C(=O)O. The molecule has 0 saturated heterocycles. The molecule has 0 amide bonds. The minimum absolute atomic E-state index is 0.132. The Hall–Kier alpha value is -0.570. The van der Waals surface area contributed by atoms with Gasteiger partial charge in [-0.3, -0.25) is 0 Å². The number of aliphatic hydroxyl groups is 1. The second-order valence-electron chi connectivity index (χ2n) is 2.90. The number of carbonyl (C=O) groups is 1. The second-order valence-corrected chi connectivity index (χ2v) is 2.90. The van der Waals surface area contributed by atoms with Crippen molar-refractivity contribution < 1.29 is 15.0 Å². The lowest BCUT2D eigenvalue weighted by Gasteiger charge is -2.13. The maximum atomic E-state index is 10.3. The van der Waals surface area contributed by atoms with E-state index in [1.807, 2.05) is 6.92 Å². The van der Waals surface area contributed by atoms with Crippen molar-refractivity contribution in [1.29, 1.82) is 0 Å². The minimum atomic E-state index is -1.19. The van der Waals surface area contributed by atoms with Gasteiger partial charge in [0.1, 0.15) is 0 Å². The van der Waals surface area contributed by atoms with Crippen LogP contribution in [0.1, 0.15) is 33.1 Å². The fourth-order valence-electron chi connectivity index (χ4n) is 0.927. The van der Waals surface area contributed by atoms with Crippen molar-refractivity contribution in [3.63, 3.8) is 0 Å². The predicted molar refractivity (Wildman–Crippen MR) is 42.3 cm³/mol. The van der Waals surface area contributed by atoms with Gasteiger partial charge in [-0.25, -0.2) is 4.79 Å². The van der Waals surface area contributed by atoms with E-state index >= 15 is 0 Å². The van der Waals surface area contributed by atoms with Crippen molar-refractivity contribution in [2.45, 2.75) is 39.2 Å². The highest BCUT2D eigenvalue weighted by Crippen LogP contribution is 2.11. The van der Waals surface area contributed by atoms with Gasteiger partial charge in [-0.05, 0) is 12.3 Å². The van der Waals surface area contributed by atoms with E-state index in [-0.39, 0.29) is 5.92 Å². The lowest BCUT2D eigenvalue weighted by Crippen LogP contribution is -2.27. The molecule has 0 aromatic rings. The molecular weight excluding hydrogens is 144 g/mol. The molecule has 2 unspecified atom stereocenters. The summed E-state index contributed by atoms with van der Waals surface area (Å²) in [6.07, 6.45) is 1.60. The van der Waals surface area contributed by atoms with Crippen LogP contribution in [0, 0.1) is 5.92 Å². The lowest BCUT2D eigenvalue weighted by molar-refractivity contribution is -0.149. The Morgan fingerprint density at radius 3 is 2.45 bits per heavy atom. The number of unbranched alkanes of at least 4 members (excludes halogenated alkanes) is 1. The van der Waals surface area contributed by atoms with E-state index in [4.69, 9.17) is 10.2 Å². The molecule has 0 aliphatic heterocycles. The van der Waals surface area contributed by atoms with Gasteiger partial charge in [0.15, 0.2) is 6.10 Å². The lowest BCUT2D eigenvalue weighted by atomic mass is 9.98. The van der Waals surface area contributed by atoms with Gasteiger partial charge >= 0.3 is 5.97 Å². The van der Waals surface area contributed by atoms with Gasteiger partial charge in [0.05, 0.1) is 0 Å². The van der Waals surface area contributed by atoms with Crippen LogP contribution in [0.25, 0.3) is 0 Å². The number of hydrogen-bond donors (Lipinski definition) is 2. The van der Waals surface area contributed by atoms with Gasteiger partial charge in [-0.15, -0.1) is 0 Å². The van der Waals surface area contributed by atoms with Crippen LogP contribution >= 0.6 is 0 Å². The Morgan fingerprint density at radius 2 is 2.09 bits per heavy atom. The minimum Gasteiger partial charge on any atom is -0.479 e. The van der Waals surface area contributed by atoms with Gasteiger partial charge in [0.25, 0.3) is 0 Å². The Morgan fingerprint density at radius 1 is 1.55 bits per heavy atom. The number of carboxylic acids is 1. The number of aliphatic hydroxyl groups excluding tert-OH is 1. The summed E-state index contributed by atoms with van der Waals surface area (Å²) in [4.78, 5) is 10.3. The summed E-state index contributed by atoms with van der Waals surface area (Å²) in [5.41, 5.74) is 0. The zero-order chi connectivity index (χ0) is 8.85. The van der Waals surface area contributed by atoms with E-state index in [1.54, 1.807) is 6.92 Å².